The summed E-state index contributed by atoms with van der Waals surface area (Å²) >= 11 is 4.78. The quantitative estimate of drug-likeness (QED) is 0.711. The Balaban J connectivity index is 2.58. The number of imidazole rings is 1. The number of hydrogen-bond donors (Lipinski definition) is 1. The Kier molecular flexibility index (Phi) is 3.22. The van der Waals surface area contributed by atoms with Crippen molar-refractivity contribution in [1.82, 2.24) is 9.55 Å². The van der Waals surface area contributed by atoms with Crippen molar-refractivity contribution < 1.29 is 0 Å². The fourth-order valence-corrected chi connectivity index (χ4v) is 1.20. The number of thiocarbonyl (C=S) groups is 1. The lowest BCUT2D eigenvalue weighted by atomic mass is 10.3. The third-order valence-electron chi connectivity index (χ3n) is 1.52. The Morgan fingerprint density at radius 3 is 3.08 bits per heavy atom. The Morgan fingerprint density at radius 1 is 1.75 bits per heavy atom. The van der Waals surface area contributed by atoms with Gasteiger partial charge in [0.1, 0.15) is 0 Å². The molecule has 1 aromatic heterocycles. The van der Waals surface area contributed by atoms with Crippen LogP contribution in [0.1, 0.15) is 19.0 Å². The normalized spacial score (nSPS) is 10.1. The van der Waals surface area contributed by atoms with Gasteiger partial charge in [0.05, 0.1) is 17.0 Å². The summed E-state index contributed by atoms with van der Waals surface area (Å²) in [4.78, 5) is 4.67. The molecule has 0 spiro atoms. The van der Waals surface area contributed by atoms with Gasteiger partial charge in [0.15, 0.2) is 0 Å². The summed E-state index contributed by atoms with van der Waals surface area (Å²) in [6.07, 6.45) is 5.52. The summed E-state index contributed by atoms with van der Waals surface area (Å²) < 4.78 is 2.05. The number of aromatic nitrogens is 2. The van der Waals surface area contributed by atoms with E-state index in [1.54, 1.807) is 0 Å². The first-order valence-corrected chi connectivity index (χ1v) is 4.42. The molecule has 0 aliphatic heterocycles. The maximum absolute atomic E-state index is 5.39. The lowest BCUT2D eigenvalue weighted by Crippen LogP contribution is -2.11. The first-order valence-electron chi connectivity index (χ1n) is 4.01. The van der Waals surface area contributed by atoms with E-state index in [0.29, 0.717) is 11.4 Å². The molecule has 0 fully saturated rings. The van der Waals surface area contributed by atoms with Gasteiger partial charge < -0.3 is 10.3 Å². The fraction of sp³-hybridized carbons (Fsp3) is 0.500. The molecule has 4 heteroatoms. The van der Waals surface area contributed by atoms with Crippen molar-refractivity contribution in [2.24, 2.45) is 5.73 Å². The monoisotopic (exact) mass is 183 g/mol. The molecule has 1 heterocycles. The van der Waals surface area contributed by atoms with Gasteiger partial charge in [-0.15, -0.1) is 0 Å². The minimum absolute atomic E-state index is 0.497. The van der Waals surface area contributed by atoms with Crippen LogP contribution in [0, 0.1) is 0 Å². The number of nitrogens with two attached hydrogens (primary N) is 1. The summed E-state index contributed by atoms with van der Waals surface area (Å²) in [7, 11) is 0. The SMILES string of the molecule is CCCn1cnc(CC(N)=S)c1. The van der Waals surface area contributed by atoms with Gasteiger partial charge in [-0.2, -0.15) is 0 Å². The molecule has 1 aromatic rings. The van der Waals surface area contributed by atoms with Gasteiger partial charge in [-0.05, 0) is 6.42 Å². The molecular formula is C8H13N3S. The molecule has 0 bridgehead atoms. The second-order valence-electron chi connectivity index (χ2n) is 2.75. The Bertz CT molecular complexity index is 267. The van der Waals surface area contributed by atoms with Crippen molar-refractivity contribution in [3.05, 3.63) is 18.2 Å². The van der Waals surface area contributed by atoms with Crippen LogP contribution in [0.2, 0.25) is 0 Å². The first-order chi connectivity index (χ1) is 5.72. The molecule has 1 rings (SSSR count). The van der Waals surface area contributed by atoms with Crippen molar-refractivity contribution in [2.45, 2.75) is 26.3 Å². The summed E-state index contributed by atoms with van der Waals surface area (Å²) in [6.45, 7) is 3.14. The van der Waals surface area contributed by atoms with Crippen LogP contribution in [0.4, 0.5) is 0 Å². The van der Waals surface area contributed by atoms with Gasteiger partial charge in [-0.1, -0.05) is 19.1 Å². The maximum atomic E-state index is 5.39. The Morgan fingerprint density at radius 2 is 2.50 bits per heavy atom. The lowest BCUT2D eigenvalue weighted by Gasteiger charge is -1.95. The van der Waals surface area contributed by atoms with E-state index in [9.17, 15) is 0 Å². The highest BCUT2D eigenvalue weighted by Crippen LogP contribution is 1.98. The molecule has 66 valence electrons. The number of hydrogen-bond acceptors (Lipinski definition) is 2. The molecule has 0 amide bonds. The van der Waals surface area contributed by atoms with E-state index in [1.807, 2.05) is 17.1 Å². The van der Waals surface area contributed by atoms with Crippen molar-refractivity contribution >= 4 is 17.2 Å². The maximum Gasteiger partial charge on any atom is 0.0949 e. The number of aryl methyl sites for hydroxylation is 1. The van der Waals surface area contributed by atoms with E-state index in [0.717, 1.165) is 18.7 Å². The Labute approximate surface area is 77.6 Å². The van der Waals surface area contributed by atoms with Gasteiger partial charge in [0, 0.05) is 19.2 Å². The van der Waals surface area contributed by atoms with Crippen LogP contribution in [-0.2, 0) is 13.0 Å². The van der Waals surface area contributed by atoms with Crippen molar-refractivity contribution in [2.75, 3.05) is 0 Å². The number of rotatable bonds is 4. The van der Waals surface area contributed by atoms with Gasteiger partial charge in [0.25, 0.3) is 0 Å². The molecule has 0 aliphatic rings. The predicted octanol–water partition coefficient (Wildman–Crippen LogP) is 1.12. The van der Waals surface area contributed by atoms with Crippen LogP contribution < -0.4 is 5.73 Å². The first kappa shape index (κ1) is 9.19. The fourth-order valence-electron chi connectivity index (χ4n) is 1.06. The molecule has 0 saturated heterocycles. The van der Waals surface area contributed by atoms with Crippen LogP contribution in [0.25, 0.3) is 0 Å². The standard InChI is InChI=1S/C8H13N3S/c1-2-3-11-5-7(10-6-11)4-8(9)12/h5-6H,2-4H2,1H3,(H2,9,12). The summed E-state index contributed by atoms with van der Waals surface area (Å²) in [5, 5.41) is 0. The molecule has 0 radical (unpaired) electrons. The third-order valence-corrected chi connectivity index (χ3v) is 1.67. The van der Waals surface area contributed by atoms with Crippen molar-refractivity contribution in [3.63, 3.8) is 0 Å². The zero-order valence-corrected chi connectivity index (χ0v) is 7.97. The second-order valence-corrected chi connectivity index (χ2v) is 3.27. The highest BCUT2D eigenvalue weighted by Gasteiger charge is 1.98. The van der Waals surface area contributed by atoms with E-state index in [-0.39, 0.29) is 0 Å². The summed E-state index contributed by atoms with van der Waals surface area (Å²) in [6, 6.07) is 0. The van der Waals surface area contributed by atoms with Crippen molar-refractivity contribution in [1.29, 1.82) is 0 Å². The topological polar surface area (TPSA) is 43.8 Å². The molecule has 0 atom stereocenters. The van der Waals surface area contributed by atoms with Crippen LogP contribution in [0.3, 0.4) is 0 Å². The van der Waals surface area contributed by atoms with Crippen LogP contribution in [-0.4, -0.2) is 14.5 Å². The van der Waals surface area contributed by atoms with Crippen LogP contribution >= 0.6 is 12.2 Å². The van der Waals surface area contributed by atoms with Gasteiger partial charge >= 0.3 is 0 Å². The zero-order valence-electron chi connectivity index (χ0n) is 7.16. The van der Waals surface area contributed by atoms with E-state index in [2.05, 4.69) is 11.9 Å². The molecule has 0 aromatic carbocycles. The molecule has 3 nitrogen and oxygen atoms in total. The van der Waals surface area contributed by atoms with Gasteiger partial charge in [-0.25, -0.2) is 4.98 Å². The third kappa shape index (κ3) is 2.62. The smallest absolute Gasteiger partial charge is 0.0949 e. The van der Waals surface area contributed by atoms with E-state index in [1.165, 1.54) is 0 Å². The average Bonchev–Trinajstić information content (AvgIpc) is 2.36. The molecule has 0 unspecified atom stereocenters. The Hall–Kier alpha value is -0.900. The highest BCUT2D eigenvalue weighted by atomic mass is 32.1. The molecule has 0 aliphatic carbocycles. The van der Waals surface area contributed by atoms with Gasteiger partial charge in [0.2, 0.25) is 0 Å². The van der Waals surface area contributed by atoms with E-state index in [4.69, 9.17) is 18.0 Å². The summed E-state index contributed by atoms with van der Waals surface area (Å²) in [5.41, 5.74) is 6.34. The lowest BCUT2D eigenvalue weighted by molar-refractivity contribution is 0.678. The average molecular weight is 183 g/mol. The predicted molar refractivity (Wildman–Crippen MR) is 53.0 cm³/mol. The van der Waals surface area contributed by atoms with E-state index >= 15 is 0 Å². The van der Waals surface area contributed by atoms with Crippen LogP contribution in [0.15, 0.2) is 12.5 Å². The number of nitrogens with zero attached hydrogens (tertiary/aromatic N) is 2. The highest BCUT2D eigenvalue weighted by molar-refractivity contribution is 7.80. The van der Waals surface area contributed by atoms with Crippen molar-refractivity contribution in [3.8, 4) is 0 Å². The minimum atomic E-state index is 0.497. The molecule has 0 saturated carbocycles. The van der Waals surface area contributed by atoms with E-state index < -0.39 is 0 Å². The second kappa shape index (κ2) is 4.21. The largest absolute Gasteiger partial charge is 0.393 e. The summed E-state index contributed by atoms with van der Waals surface area (Å²) in [5.74, 6) is 0. The van der Waals surface area contributed by atoms with Gasteiger partial charge in [-0.3, -0.25) is 0 Å². The molecule has 12 heavy (non-hydrogen) atoms. The molecular weight excluding hydrogens is 170 g/mol. The van der Waals surface area contributed by atoms with Crippen LogP contribution in [0.5, 0.6) is 0 Å². The zero-order chi connectivity index (χ0) is 8.97. The minimum Gasteiger partial charge on any atom is -0.393 e. The molecule has 2 N–H and O–H groups in total.